The third kappa shape index (κ3) is 6.37. The molecule has 0 amide bonds. The van der Waals surface area contributed by atoms with Crippen LogP contribution in [0.3, 0.4) is 0 Å². The van der Waals surface area contributed by atoms with Crippen molar-refractivity contribution in [3.05, 3.63) is 53.6 Å². The summed E-state index contributed by atoms with van der Waals surface area (Å²) in [7, 11) is -3.79. The van der Waals surface area contributed by atoms with E-state index in [1.807, 2.05) is 6.92 Å². The van der Waals surface area contributed by atoms with Crippen molar-refractivity contribution in [2.45, 2.75) is 57.8 Å². The lowest BCUT2D eigenvalue weighted by atomic mass is 10.1. The fourth-order valence-electron chi connectivity index (χ4n) is 2.85. The van der Waals surface area contributed by atoms with Crippen molar-refractivity contribution in [3.63, 3.8) is 0 Å². The Hall–Kier alpha value is -2.34. The average molecular weight is 404 g/mol. The highest BCUT2D eigenvalue weighted by Gasteiger charge is 2.17. The third-order valence-corrected chi connectivity index (χ3v) is 5.83. The number of rotatable bonds is 11. The van der Waals surface area contributed by atoms with Crippen LogP contribution in [-0.4, -0.2) is 20.8 Å². The number of anilines is 1. The van der Waals surface area contributed by atoms with E-state index in [1.54, 1.807) is 30.3 Å². The Kier molecular flexibility index (Phi) is 8.05. The smallest absolute Gasteiger partial charge is 0.261 e. The summed E-state index contributed by atoms with van der Waals surface area (Å²) in [6.45, 7) is 6.08. The molecule has 0 fully saturated rings. The lowest BCUT2D eigenvalue weighted by molar-refractivity contribution is 0.101. The number of benzene rings is 2. The summed E-state index contributed by atoms with van der Waals surface area (Å²) in [5, 5.41) is 0. The van der Waals surface area contributed by atoms with Crippen LogP contribution in [0.2, 0.25) is 0 Å². The van der Waals surface area contributed by atoms with Crippen LogP contribution in [0.25, 0.3) is 0 Å². The number of carbonyl (C=O) groups is 1. The highest BCUT2D eigenvalue weighted by molar-refractivity contribution is 7.92. The number of Topliss-reactive ketones (excluding diaryl/α,β-unsaturated/α-hetero) is 1. The van der Waals surface area contributed by atoms with Gasteiger partial charge in [0.05, 0.1) is 17.2 Å². The molecule has 0 radical (unpaired) electrons. The number of aryl methyl sites for hydroxylation is 1. The third-order valence-electron chi connectivity index (χ3n) is 4.45. The monoisotopic (exact) mass is 403 g/mol. The quantitative estimate of drug-likeness (QED) is 0.406. The van der Waals surface area contributed by atoms with Gasteiger partial charge >= 0.3 is 0 Å². The number of unbranched alkanes of at least 4 members (excludes halogenated alkanes) is 4. The fourth-order valence-corrected chi connectivity index (χ4v) is 3.93. The van der Waals surface area contributed by atoms with Crippen molar-refractivity contribution in [1.82, 2.24) is 0 Å². The number of nitrogens with one attached hydrogen (secondary N) is 1. The molecule has 0 spiro atoms. The van der Waals surface area contributed by atoms with Gasteiger partial charge in [0, 0.05) is 5.56 Å². The first-order chi connectivity index (χ1) is 13.3. The Labute approximate surface area is 168 Å². The minimum atomic E-state index is -3.79. The van der Waals surface area contributed by atoms with E-state index in [-0.39, 0.29) is 16.4 Å². The Morgan fingerprint density at radius 3 is 2.32 bits per heavy atom. The molecule has 5 nitrogen and oxygen atoms in total. The van der Waals surface area contributed by atoms with Crippen molar-refractivity contribution < 1.29 is 17.9 Å². The number of hydrogen-bond acceptors (Lipinski definition) is 4. The van der Waals surface area contributed by atoms with Gasteiger partial charge in [0.2, 0.25) is 0 Å². The molecular formula is C22H29NO4S. The summed E-state index contributed by atoms with van der Waals surface area (Å²) >= 11 is 0. The van der Waals surface area contributed by atoms with Crippen LogP contribution in [0.1, 0.15) is 61.9 Å². The van der Waals surface area contributed by atoms with Crippen LogP contribution in [0.4, 0.5) is 5.69 Å². The molecule has 0 aliphatic carbocycles. The average Bonchev–Trinajstić information content (AvgIpc) is 2.66. The molecule has 2 aromatic rings. The molecule has 0 saturated heterocycles. The van der Waals surface area contributed by atoms with Crippen molar-refractivity contribution >= 4 is 21.5 Å². The van der Waals surface area contributed by atoms with E-state index in [0.29, 0.717) is 17.9 Å². The van der Waals surface area contributed by atoms with Crippen LogP contribution >= 0.6 is 0 Å². The summed E-state index contributed by atoms with van der Waals surface area (Å²) in [4.78, 5) is 11.9. The van der Waals surface area contributed by atoms with Gasteiger partial charge in [-0.05, 0) is 56.7 Å². The molecule has 0 atom stereocenters. The Morgan fingerprint density at radius 1 is 1.00 bits per heavy atom. The van der Waals surface area contributed by atoms with E-state index < -0.39 is 10.0 Å². The second-order valence-electron chi connectivity index (χ2n) is 6.94. The maximum atomic E-state index is 12.7. The normalized spacial score (nSPS) is 11.2. The van der Waals surface area contributed by atoms with E-state index >= 15 is 0 Å². The number of ketones is 1. The molecule has 2 rings (SSSR count). The predicted octanol–water partition coefficient (Wildman–Crippen LogP) is 5.35. The van der Waals surface area contributed by atoms with Crippen molar-refractivity contribution in [2.75, 3.05) is 11.3 Å². The summed E-state index contributed by atoms with van der Waals surface area (Å²) in [6, 6.07) is 11.4. The summed E-state index contributed by atoms with van der Waals surface area (Å²) in [6.07, 6.45) is 5.79. The number of sulfonamides is 1. The summed E-state index contributed by atoms with van der Waals surface area (Å²) < 4.78 is 33.5. The molecular weight excluding hydrogens is 374 g/mol. The minimum Gasteiger partial charge on any atom is -0.494 e. The molecule has 0 bridgehead atoms. The highest BCUT2D eigenvalue weighted by atomic mass is 32.2. The van der Waals surface area contributed by atoms with E-state index in [2.05, 4.69) is 11.6 Å². The van der Waals surface area contributed by atoms with Gasteiger partial charge in [-0.25, -0.2) is 8.42 Å². The summed E-state index contributed by atoms with van der Waals surface area (Å²) in [5.74, 6) is 0.457. The molecule has 0 aromatic heterocycles. The van der Waals surface area contributed by atoms with Gasteiger partial charge in [0.1, 0.15) is 5.75 Å². The summed E-state index contributed by atoms with van der Waals surface area (Å²) in [5.41, 5.74) is 1.53. The Morgan fingerprint density at radius 2 is 1.68 bits per heavy atom. The van der Waals surface area contributed by atoms with Gasteiger partial charge in [-0.1, -0.05) is 44.2 Å². The van der Waals surface area contributed by atoms with Crippen LogP contribution in [0.5, 0.6) is 5.75 Å². The van der Waals surface area contributed by atoms with E-state index in [1.165, 1.54) is 38.3 Å². The first-order valence-corrected chi connectivity index (χ1v) is 11.2. The maximum absolute atomic E-state index is 12.7. The van der Waals surface area contributed by atoms with Crippen LogP contribution in [-0.2, 0) is 10.0 Å². The van der Waals surface area contributed by atoms with Crippen LogP contribution < -0.4 is 9.46 Å². The van der Waals surface area contributed by atoms with Gasteiger partial charge in [-0.3, -0.25) is 9.52 Å². The minimum absolute atomic E-state index is 0.123. The van der Waals surface area contributed by atoms with Crippen LogP contribution in [0.15, 0.2) is 47.4 Å². The number of hydrogen-bond donors (Lipinski definition) is 1. The van der Waals surface area contributed by atoms with E-state index in [9.17, 15) is 13.2 Å². The molecule has 0 saturated carbocycles. The Balaban J connectivity index is 2.02. The number of ether oxygens (including phenoxy) is 1. The zero-order valence-electron chi connectivity index (χ0n) is 16.8. The highest BCUT2D eigenvalue weighted by Crippen LogP contribution is 2.23. The van der Waals surface area contributed by atoms with Crippen LogP contribution in [0, 0.1) is 6.92 Å². The van der Waals surface area contributed by atoms with Gasteiger partial charge in [0.15, 0.2) is 5.78 Å². The maximum Gasteiger partial charge on any atom is 0.261 e. The van der Waals surface area contributed by atoms with Crippen molar-refractivity contribution in [3.8, 4) is 5.75 Å². The van der Waals surface area contributed by atoms with E-state index in [4.69, 9.17) is 4.74 Å². The second-order valence-corrected chi connectivity index (χ2v) is 8.63. The topological polar surface area (TPSA) is 72.5 Å². The zero-order chi connectivity index (χ0) is 20.6. The van der Waals surface area contributed by atoms with Crippen molar-refractivity contribution in [1.29, 1.82) is 0 Å². The lowest BCUT2D eigenvalue weighted by Gasteiger charge is -2.12. The van der Waals surface area contributed by atoms with Gasteiger partial charge in [0.25, 0.3) is 10.0 Å². The molecule has 0 aliphatic rings. The fraction of sp³-hybridized carbons (Fsp3) is 0.409. The lowest BCUT2D eigenvalue weighted by Crippen LogP contribution is -2.15. The second kappa shape index (κ2) is 10.3. The Bertz CT molecular complexity index is 889. The van der Waals surface area contributed by atoms with Gasteiger partial charge in [-0.15, -0.1) is 0 Å². The van der Waals surface area contributed by atoms with Gasteiger partial charge in [-0.2, -0.15) is 0 Å². The van der Waals surface area contributed by atoms with Crippen molar-refractivity contribution in [2.24, 2.45) is 0 Å². The number of carbonyl (C=O) groups excluding carboxylic acids is 1. The first-order valence-electron chi connectivity index (χ1n) is 9.71. The van der Waals surface area contributed by atoms with E-state index in [0.717, 1.165) is 18.4 Å². The standard InChI is InChI=1S/C22H29NO4S/c1-4-5-6-7-8-15-27-19-10-12-20(13-11-19)28(25,26)23-22-14-9-17(2)16-21(22)18(3)24/h9-14,16,23H,4-8,15H2,1-3H3. The molecule has 2 aromatic carbocycles. The molecule has 28 heavy (non-hydrogen) atoms. The zero-order valence-corrected chi connectivity index (χ0v) is 17.6. The molecule has 152 valence electrons. The molecule has 1 N–H and O–H groups in total. The molecule has 0 heterocycles. The SMILES string of the molecule is CCCCCCCOc1ccc(S(=O)(=O)Nc2ccc(C)cc2C(C)=O)cc1. The molecule has 0 unspecified atom stereocenters. The molecule has 6 heteroatoms. The first kappa shape index (κ1) is 22.0. The largest absolute Gasteiger partial charge is 0.494 e. The predicted molar refractivity (Wildman–Crippen MR) is 113 cm³/mol. The van der Waals surface area contributed by atoms with Gasteiger partial charge < -0.3 is 4.74 Å². The molecule has 0 aliphatic heterocycles.